The highest BCUT2D eigenvalue weighted by atomic mass is 35.5. The Morgan fingerprint density at radius 3 is 1.83 bits per heavy atom. The average Bonchev–Trinajstić information content (AvgIpc) is 3.04. The molecule has 1 fully saturated rings. The number of nitrogens with zero attached hydrogens (tertiary/aromatic N) is 1. The standard InChI is InChI=1S/C37H39ClN2O2/c38-32-23-21-29(22-24-32)27-40(36(41)26-34(30-15-7-2-8-16-30)31-17-9-3-10-18-31)35(25-28-13-5-1-6-14-28)37(42)39-33-19-11-4-12-20-33/h1-3,5-10,13-18,21-24,33-35H,4,11-12,19-20,25-27H2,(H,39,42). The zero-order valence-corrected chi connectivity index (χ0v) is 24.8. The van der Waals surface area contributed by atoms with Crippen LogP contribution in [0.15, 0.2) is 115 Å². The molecule has 1 N–H and O–H groups in total. The molecule has 4 aromatic carbocycles. The first kappa shape index (κ1) is 29.6. The number of nitrogens with one attached hydrogen (secondary N) is 1. The van der Waals surface area contributed by atoms with Crippen LogP contribution in [0.2, 0.25) is 5.02 Å². The third-order valence-electron chi connectivity index (χ3n) is 8.27. The Morgan fingerprint density at radius 1 is 0.714 bits per heavy atom. The minimum atomic E-state index is -0.648. The first-order valence-electron chi connectivity index (χ1n) is 15.0. The van der Waals surface area contributed by atoms with Crippen LogP contribution in [0.3, 0.4) is 0 Å². The number of carbonyl (C=O) groups excluding carboxylic acids is 2. The molecule has 4 aromatic rings. The second-order valence-corrected chi connectivity index (χ2v) is 11.7. The molecule has 0 heterocycles. The molecule has 2 amide bonds. The molecule has 216 valence electrons. The molecular weight excluding hydrogens is 540 g/mol. The summed E-state index contributed by atoms with van der Waals surface area (Å²) in [6.45, 7) is 0.321. The van der Waals surface area contributed by atoms with Gasteiger partial charge in [-0.1, -0.05) is 134 Å². The predicted octanol–water partition coefficient (Wildman–Crippen LogP) is 7.95. The maximum absolute atomic E-state index is 14.5. The lowest BCUT2D eigenvalue weighted by atomic mass is 9.87. The Labute approximate surface area is 254 Å². The maximum Gasteiger partial charge on any atom is 0.243 e. The van der Waals surface area contributed by atoms with Gasteiger partial charge in [-0.15, -0.1) is 0 Å². The predicted molar refractivity (Wildman–Crippen MR) is 170 cm³/mol. The van der Waals surface area contributed by atoms with Crippen molar-refractivity contribution in [1.82, 2.24) is 10.2 Å². The number of hydrogen-bond acceptors (Lipinski definition) is 2. The van der Waals surface area contributed by atoms with Crippen LogP contribution in [0.4, 0.5) is 0 Å². The van der Waals surface area contributed by atoms with Crippen molar-refractivity contribution in [2.45, 2.75) is 69.5 Å². The van der Waals surface area contributed by atoms with Gasteiger partial charge in [0.25, 0.3) is 0 Å². The van der Waals surface area contributed by atoms with Crippen molar-refractivity contribution in [3.8, 4) is 0 Å². The smallest absolute Gasteiger partial charge is 0.243 e. The van der Waals surface area contributed by atoms with Crippen molar-refractivity contribution in [2.24, 2.45) is 0 Å². The fourth-order valence-electron chi connectivity index (χ4n) is 5.98. The minimum Gasteiger partial charge on any atom is -0.352 e. The van der Waals surface area contributed by atoms with Crippen LogP contribution in [0, 0.1) is 0 Å². The van der Waals surface area contributed by atoms with Crippen LogP contribution in [-0.4, -0.2) is 28.8 Å². The number of amides is 2. The molecule has 0 aromatic heterocycles. The van der Waals surface area contributed by atoms with Gasteiger partial charge in [0, 0.05) is 36.4 Å². The fourth-order valence-corrected chi connectivity index (χ4v) is 6.10. The number of halogens is 1. The van der Waals surface area contributed by atoms with Gasteiger partial charge in [-0.3, -0.25) is 9.59 Å². The summed E-state index contributed by atoms with van der Waals surface area (Å²) in [4.78, 5) is 30.4. The molecule has 0 spiro atoms. The summed E-state index contributed by atoms with van der Waals surface area (Å²) in [5.74, 6) is -0.266. The van der Waals surface area contributed by atoms with Crippen molar-refractivity contribution in [2.75, 3.05) is 0 Å². The fraction of sp³-hybridized carbons (Fsp3) is 0.297. The molecule has 1 saturated carbocycles. The highest BCUT2D eigenvalue weighted by molar-refractivity contribution is 6.30. The van der Waals surface area contributed by atoms with Crippen LogP contribution in [0.1, 0.15) is 66.7 Å². The van der Waals surface area contributed by atoms with E-state index in [0.29, 0.717) is 18.0 Å². The van der Waals surface area contributed by atoms with Gasteiger partial charge in [0.05, 0.1) is 0 Å². The highest BCUT2D eigenvalue weighted by Gasteiger charge is 2.33. The van der Waals surface area contributed by atoms with Crippen molar-refractivity contribution in [3.63, 3.8) is 0 Å². The summed E-state index contributed by atoms with van der Waals surface area (Å²) in [5.41, 5.74) is 4.12. The van der Waals surface area contributed by atoms with E-state index in [0.717, 1.165) is 47.9 Å². The number of hydrogen-bond donors (Lipinski definition) is 1. The Kier molecular flexibility index (Phi) is 10.5. The summed E-state index contributed by atoms with van der Waals surface area (Å²) < 4.78 is 0. The Balaban J connectivity index is 1.50. The third-order valence-corrected chi connectivity index (χ3v) is 8.52. The highest BCUT2D eigenvalue weighted by Crippen LogP contribution is 2.30. The summed E-state index contributed by atoms with van der Waals surface area (Å²) in [5, 5.41) is 3.97. The molecule has 5 rings (SSSR count). The Morgan fingerprint density at radius 2 is 1.26 bits per heavy atom. The average molecular weight is 579 g/mol. The van der Waals surface area contributed by atoms with E-state index in [1.165, 1.54) is 6.42 Å². The second-order valence-electron chi connectivity index (χ2n) is 11.3. The molecule has 1 unspecified atom stereocenters. The minimum absolute atomic E-state index is 0.0534. The second kappa shape index (κ2) is 14.8. The quantitative estimate of drug-likeness (QED) is 0.196. The van der Waals surface area contributed by atoms with Gasteiger partial charge in [0.15, 0.2) is 0 Å². The molecular formula is C37H39ClN2O2. The van der Waals surface area contributed by atoms with Crippen LogP contribution in [0.5, 0.6) is 0 Å². The van der Waals surface area contributed by atoms with Crippen LogP contribution in [-0.2, 0) is 22.6 Å². The van der Waals surface area contributed by atoms with Gasteiger partial charge in [-0.2, -0.15) is 0 Å². The molecule has 1 aliphatic carbocycles. The summed E-state index contributed by atoms with van der Waals surface area (Å²) >= 11 is 6.20. The summed E-state index contributed by atoms with van der Waals surface area (Å²) in [6.07, 6.45) is 6.12. The SMILES string of the molecule is O=C(NC1CCCCC1)C(Cc1ccccc1)N(Cc1ccc(Cl)cc1)C(=O)CC(c1ccccc1)c1ccccc1. The zero-order valence-electron chi connectivity index (χ0n) is 24.0. The topological polar surface area (TPSA) is 49.4 Å². The first-order chi connectivity index (χ1) is 20.6. The normalized spacial score (nSPS) is 14.3. The molecule has 1 atom stereocenters. The van der Waals surface area contributed by atoms with Gasteiger partial charge >= 0.3 is 0 Å². The molecule has 5 heteroatoms. The number of rotatable bonds is 11. The number of carbonyl (C=O) groups is 2. The molecule has 0 bridgehead atoms. The van der Waals surface area contributed by atoms with Gasteiger partial charge in [0.1, 0.15) is 6.04 Å². The zero-order chi connectivity index (χ0) is 29.1. The molecule has 0 radical (unpaired) electrons. The lowest BCUT2D eigenvalue weighted by molar-refractivity contribution is -0.141. The molecule has 0 aliphatic heterocycles. The Bertz CT molecular complexity index is 1370. The van der Waals surface area contributed by atoms with E-state index in [1.807, 2.05) is 91.0 Å². The molecule has 42 heavy (non-hydrogen) atoms. The maximum atomic E-state index is 14.5. The van der Waals surface area contributed by atoms with Gasteiger partial charge in [0.2, 0.25) is 11.8 Å². The van der Waals surface area contributed by atoms with E-state index in [2.05, 4.69) is 29.6 Å². The van der Waals surface area contributed by atoms with E-state index in [4.69, 9.17) is 11.6 Å². The lowest BCUT2D eigenvalue weighted by Gasteiger charge is -2.34. The van der Waals surface area contributed by atoms with Gasteiger partial charge in [-0.05, 0) is 47.2 Å². The third kappa shape index (κ3) is 8.10. The number of benzene rings is 4. The van der Waals surface area contributed by atoms with Crippen molar-refractivity contribution >= 4 is 23.4 Å². The largest absolute Gasteiger partial charge is 0.352 e. The van der Waals surface area contributed by atoms with Gasteiger partial charge < -0.3 is 10.2 Å². The van der Waals surface area contributed by atoms with Crippen LogP contribution >= 0.6 is 11.6 Å². The van der Waals surface area contributed by atoms with Crippen molar-refractivity contribution < 1.29 is 9.59 Å². The van der Waals surface area contributed by atoms with Crippen LogP contribution in [0.25, 0.3) is 0 Å². The molecule has 0 saturated heterocycles. The lowest BCUT2D eigenvalue weighted by Crippen LogP contribution is -2.53. The van der Waals surface area contributed by atoms with E-state index >= 15 is 0 Å². The van der Waals surface area contributed by atoms with E-state index in [-0.39, 0.29) is 30.2 Å². The van der Waals surface area contributed by atoms with E-state index in [1.54, 1.807) is 4.90 Å². The molecule has 4 nitrogen and oxygen atoms in total. The van der Waals surface area contributed by atoms with E-state index in [9.17, 15) is 9.59 Å². The summed E-state index contributed by atoms with van der Waals surface area (Å²) in [7, 11) is 0. The van der Waals surface area contributed by atoms with E-state index < -0.39 is 6.04 Å². The Hall–Kier alpha value is -3.89. The molecule has 1 aliphatic rings. The first-order valence-corrected chi connectivity index (χ1v) is 15.4. The van der Waals surface area contributed by atoms with Crippen LogP contribution < -0.4 is 5.32 Å². The van der Waals surface area contributed by atoms with Crippen molar-refractivity contribution in [1.29, 1.82) is 0 Å². The van der Waals surface area contributed by atoms with Gasteiger partial charge in [-0.25, -0.2) is 0 Å². The van der Waals surface area contributed by atoms with Crippen molar-refractivity contribution in [3.05, 3.63) is 143 Å². The summed E-state index contributed by atoms with van der Waals surface area (Å²) in [6, 6.07) is 37.4. The monoisotopic (exact) mass is 578 g/mol.